The molecule has 2 aromatic carbocycles. The molecule has 1 N–H and O–H groups in total. The molecule has 4 aromatic rings. The average molecular weight is 522 g/mol. The molecule has 0 bridgehead atoms. The minimum Gasteiger partial charge on any atom is -0.480 e. The summed E-state index contributed by atoms with van der Waals surface area (Å²) in [6.07, 6.45) is 5.52. The molecule has 170 valence electrons. The van der Waals surface area contributed by atoms with Gasteiger partial charge in [-0.3, -0.25) is 9.10 Å². The Balaban J connectivity index is 1.81. The summed E-state index contributed by atoms with van der Waals surface area (Å²) >= 11 is 13.6. The number of fused-ring (bicyclic) bond motifs is 1. The number of carboxylic acid groups (broad SMARTS) is 1. The molecule has 0 aliphatic heterocycles. The Morgan fingerprint density at radius 3 is 2.48 bits per heavy atom. The van der Waals surface area contributed by atoms with Gasteiger partial charge < -0.3 is 9.67 Å². The van der Waals surface area contributed by atoms with Crippen LogP contribution in [0.2, 0.25) is 10.0 Å². The fourth-order valence-electron chi connectivity index (χ4n) is 3.39. The third kappa shape index (κ3) is 4.81. The molecule has 2 heterocycles. The number of pyridine rings is 1. The first-order valence-corrected chi connectivity index (χ1v) is 12.9. The zero-order chi connectivity index (χ0) is 23.8. The maximum Gasteiger partial charge on any atom is 0.324 e. The van der Waals surface area contributed by atoms with E-state index in [1.165, 1.54) is 18.2 Å². The van der Waals surface area contributed by atoms with Crippen molar-refractivity contribution >= 4 is 67.5 Å². The van der Waals surface area contributed by atoms with E-state index >= 15 is 0 Å². The number of halogens is 2. The number of hydrogen-bond donors (Lipinski definition) is 1. The largest absolute Gasteiger partial charge is 0.480 e. The lowest BCUT2D eigenvalue weighted by Crippen LogP contribution is -2.35. The molecule has 11 heteroatoms. The Morgan fingerprint density at radius 2 is 1.82 bits per heavy atom. The molecule has 0 saturated heterocycles. The number of thioether (sulfide) groups is 1. The molecule has 0 atom stereocenters. The highest BCUT2D eigenvalue weighted by Gasteiger charge is 2.28. The van der Waals surface area contributed by atoms with Crippen LogP contribution in [0.3, 0.4) is 0 Å². The van der Waals surface area contributed by atoms with Gasteiger partial charge in [-0.15, -0.1) is 11.8 Å². The number of benzene rings is 2. The van der Waals surface area contributed by atoms with Gasteiger partial charge >= 0.3 is 5.97 Å². The number of aromatic nitrogens is 2. The van der Waals surface area contributed by atoms with Gasteiger partial charge in [0.2, 0.25) is 0 Å². The summed E-state index contributed by atoms with van der Waals surface area (Å²) in [7, 11) is -4.26. The number of carboxylic acids is 1. The van der Waals surface area contributed by atoms with Crippen molar-refractivity contribution in [3.8, 4) is 5.82 Å². The van der Waals surface area contributed by atoms with Gasteiger partial charge in [0.1, 0.15) is 12.4 Å². The summed E-state index contributed by atoms with van der Waals surface area (Å²) in [4.78, 5) is 16.8. The first-order valence-electron chi connectivity index (χ1n) is 9.51. The Labute approximate surface area is 204 Å². The lowest BCUT2D eigenvalue weighted by atomic mass is 10.2. The molecule has 0 saturated carbocycles. The van der Waals surface area contributed by atoms with Gasteiger partial charge in [0.05, 0.1) is 16.1 Å². The maximum absolute atomic E-state index is 13.3. The highest BCUT2D eigenvalue weighted by atomic mass is 35.5. The highest BCUT2D eigenvalue weighted by molar-refractivity contribution is 7.98. The Kier molecular flexibility index (Phi) is 6.58. The topological polar surface area (TPSA) is 92.5 Å². The summed E-state index contributed by atoms with van der Waals surface area (Å²) in [5.41, 5.74) is 0.993. The van der Waals surface area contributed by atoms with E-state index in [9.17, 15) is 18.3 Å². The molecule has 7 nitrogen and oxygen atoms in total. The van der Waals surface area contributed by atoms with E-state index in [-0.39, 0.29) is 20.6 Å². The quantitative estimate of drug-likeness (QED) is 0.330. The van der Waals surface area contributed by atoms with E-state index in [0.717, 1.165) is 20.1 Å². The van der Waals surface area contributed by atoms with Crippen molar-refractivity contribution in [3.05, 3.63) is 77.0 Å². The Morgan fingerprint density at radius 1 is 1.09 bits per heavy atom. The Bertz CT molecular complexity index is 1450. The van der Waals surface area contributed by atoms with Crippen LogP contribution in [-0.2, 0) is 14.8 Å². The van der Waals surface area contributed by atoms with Crippen LogP contribution in [0, 0.1) is 0 Å². The fraction of sp³-hybridized carbons (Fsp3) is 0.0909. The molecular formula is C22H17Cl2N3O4S2. The molecule has 2 aromatic heterocycles. The average Bonchev–Trinajstić information content (AvgIpc) is 3.20. The standard InChI is InChI=1S/C22H17Cl2N3O4S2/c1-32-18-4-6-25-21(12-18)26-7-5-14-8-17(2-3-20(14)26)27(13-22(28)29)33(30,31)19-10-15(23)9-16(24)11-19/h2-12H,13H2,1H3,(H,28,29). The molecule has 0 aliphatic rings. The van der Waals surface area contributed by atoms with Crippen LogP contribution in [0.15, 0.2) is 76.8 Å². The molecule has 0 radical (unpaired) electrons. The number of hydrogen-bond acceptors (Lipinski definition) is 5. The van der Waals surface area contributed by atoms with Crippen molar-refractivity contribution in [3.63, 3.8) is 0 Å². The van der Waals surface area contributed by atoms with Crippen LogP contribution >= 0.6 is 35.0 Å². The molecule has 0 amide bonds. The van der Waals surface area contributed by atoms with Crippen LogP contribution in [-0.4, -0.2) is 41.8 Å². The second-order valence-electron chi connectivity index (χ2n) is 6.99. The maximum atomic E-state index is 13.3. The van der Waals surface area contributed by atoms with Crippen molar-refractivity contribution in [1.29, 1.82) is 0 Å². The van der Waals surface area contributed by atoms with E-state index in [2.05, 4.69) is 4.98 Å². The number of anilines is 1. The summed E-state index contributed by atoms with van der Waals surface area (Å²) in [5.74, 6) is -0.587. The van der Waals surface area contributed by atoms with E-state index < -0.39 is 22.5 Å². The molecule has 0 aliphatic carbocycles. The zero-order valence-corrected chi connectivity index (χ0v) is 20.3. The van der Waals surface area contributed by atoms with Crippen LogP contribution < -0.4 is 4.31 Å². The smallest absolute Gasteiger partial charge is 0.324 e. The van der Waals surface area contributed by atoms with Gasteiger partial charge in [0.15, 0.2) is 0 Å². The number of carbonyl (C=O) groups is 1. The first-order chi connectivity index (χ1) is 15.7. The number of aliphatic carboxylic acids is 1. The van der Waals surface area contributed by atoms with Crippen molar-refractivity contribution in [2.24, 2.45) is 0 Å². The molecular weight excluding hydrogens is 505 g/mol. The number of sulfonamides is 1. The zero-order valence-electron chi connectivity index (χ0n) is 17.1. The monoisotopic (exact) mass is 521 g/mol. The van der Waals surface area contributed by atoms with Gasteiger partial charge in [0, 0.05) is 32.7 Å². The van der Waals surface area contributed by atoms with Gasteiger partial charge in [-0.1, -0.05) is 23.2 Å². The normalized spacial score (nSPS) is 11.6. The first kappa shape index (κ1) is 23.4. The van der Waals surface area contributed by atoms with Crippen LogP contribution in [0.4, 0.5) is 5.69 Å². The highest BCUT2D eigenvalue weighted by Crippen LogP contribution is 2.31. The molecule has 0 unspecified atom stereocenters. The van der Waals surface area contributed by atoms with Gasteiger partial charge in [0.25, 0.3) is 10.0 Å². The van der Waals surface area contributed by atoms with Crippen molar-refractivity contribution in [2.45, 2.75) is 9.79 Å². The minimum absolute atomic E-state index is 0.129. The lowest BCUT2D eigenvalue weighted by molar-refractivity contribution is -0.135. The molecule has 0 fully saturated rings. The summed E-state index contributed by atoms with van der Waals surface area (Å²) in [6.45, 7) is -0.768. The molecule has 33 heavy (non-hydrogen) atoms. The van der Waals surface area contributed by atoms with E-state index in [1.54, 1.807) is 36.2 Å². The van der Waals surface area contributed by atoms with Crippen LogP contribution in [0.25, 0.3) is 16.7 Å². The summed E-state index contributed by atoms with van der Waals surface area (Å²) in [6, 6.07) is 14.5. The Hall–Kier alpha value is -2.72. The van der Waals surface area contributed by atoms with E-state index in [0.29, 0.717) is 5.82 Å². The van der Waals surface area contributed by atoms with Crippen LogP contribution in [0.1, 0.15) is 0 Å². The minimum atomic E-state index is -4.26. The van der Waals surface area contributed by atoms with E-state index in [4.69, 9.17) is 23.2 Å². The predicted octanol–water partition coefficient (Wildman–Crippen LogP) is 5.33. The summed E-state index contributed by atoms with van der Waals surface area (Å²) < 4.78 is 29.4. The predicted molar refractivity (Wildman–Crippen MR) is 131 cm³/mol. The second-order valence-corrected chi connectivity index (χ2v) is 10.6. The second kappa shape index (κ2) is 9.26. The fourth-order valence-corrected chi connectivity index (χ4v) is 5.94. The third-order valence-corrected chi connectivity index (χ3v) is 7.78. The lowest BCUT2D eigenvalue weighted by Gasteiger charge is -2.23. The third-order valence-electron chi connectivity index (χ3n) is 4.86. The SMILES string of the molecule is CSc1ccnc(-n2ccc3cc(N(CC(=O)O)S(=O)(=O)c4cc(Cl)cc(Cl)c4)ccc32)c1. The summed E-state index contributed by atoms with van der Waals surface area (Å²) in [5, 5.41) is 10.4. The van der Waals surface area contributed by atoms with Crippen molar-refractivity contribution in [1.82, 2.24) is 9.55 Å². The molecule has 4 rings (SSSR count). The van der Waals surface area contributed by atoms with Gasteiger partial charge in [-0.05, 0) is 60.9 Å². The van der Waals surface area contributed by atoms with Gasteiger partial charge in [-0.2, -0.15) is 0 Å². The number of nitrogens with zero attached hydrogens (tertiary/aromatic N) is 3. The van der Waals surface area contributed by atoms with Crippen molar-refractivity contribution < 1.29 is 18.3 Å². The van der Waals surface area contributed by atoms with E-state index in [1.807, 2.05) is 35.2 Å². The van der Waals surface area contributed by atoms with Gasteiger partial charge in [-0.25, -0.2) is 13.4 Å². The van der Waals surface area contributed by atoms with Crippen LogP contribution in [0.5, 0.6) is 0 Å². The van der Waals surface area contributed by atoms with Crippen molar-refractivity contribution in [2.75, 3.05) is 17.1 Å². The molecule has 0 spiro atoms. The number of rotatable bonds is 7.